The summed E-state index contributed by atoms with van der Waals surface area (Å²) in [6, 6.07) is 15.0. The molecule has 1 aliphatic heterocycles. The van der Waals surface area contributed by atoms with Gasteiger partial charge in [0.2, 0.25) is 0 Å². The number of nitrogens with zero attached hydrogens (tertiary/aromatic N) is 2. The van der Waals surface area contributed by atoms with E-state index in [1.54, 1.807) is 17.2 Å². The van der Waals surface area contributed by atoms with Crippen molar-refractivity contribution in [1.29, 1.82) is 0 Å². The molecule has 0 fully saturated rings. The Bertz CT molecular complexity index is 1080. The van der Waals surface area contributed by atoms with E-state index in [9.17, 15) is 14.7 Å². The largest absolute Gasteiger partial charge is 0.481 e. The average Bonchev–Trinajstić information content (AvgIpc) is 2.75. The lowest BCUT2D eigenvalue weighted by atomic mass is 9.95. The third kappa shape index (κ3) is 3.92. The second-order valence-electron chi connectivity index (χ2n) is 7.28. The Kier molecular flexibility index (Phi) is 5.16. The number of aromatic nitrogens is 1. The first kappa shape index (κ1) is 18.9. The van der Waals surface area contributed by atoms with Gasteiger partial charge in [-0.2, -0.15) is 0 Å². The molecule has 148 valence electrons. The first-order chi connectivity index (χ1) is 14.0. The molecule has 0 bridgehead atoms. The highest BCUT2D eigenvalue weighted by molar-refractivity contribution is 5.98. The summed E-state index contributed by atoms with van der Waals surface area (Å²) in [7, 11) is 0. The molecule has 0 saturated heterocycles. The average molecular weight is 390 g/mol. The van der Waals surface area contributed by atoms with Gasteiger partial charge in [0.25, 0.3) is 5.91 Å². The van der Waals surface area contributed by atoms with Crippen molar-refractivity contribution in [2.24, 2.45) is 5.92 Å². The minimum absolute atomic E-state index is 0.108. The smallest absolute Gasteiger partial charge is 0.306 e. The number of carboxylic acids is 1. The number of ether oxygens (including phenoxy) is 1. The molecule has 4 rings (SSSR count). The number of fused-ring (bicyclic) bond motifs is 2. The maximum atomic E-state index is 13.0. The Morgan fingerprint density at radius 1 is 1.21 bits per heavy atom. The second kappa shape index (κ2) is 7.91. The number of rotatable bonds is 5. The first-order valence-corrected chi connectivity index (χ1v) is 9.66. The topological polar surface area (TPSA) is 79.7 Å². The van der Waals surface area contributed by atoms with E-state index in [-0.39, 0.29) is 12.6 Å². The molecule has 29 heavy (non-hydrogen) atoms. The van der Waals surface area contributed by atoms with E-state index in [0.717, 1.165) is 27.8 Å². The first-order valence-electron chi connectivity index (χ1n) is 9.66. The third-order valence-electron chi connectivity index (χ3n) is 5.32. The monoisotopic (exact) mass is 390 g/mol. The van der Waals surface area contributed by atoms with Crippen LogP contribution in [0.5, 0.6) is 5.75 Å². The maximum Gasteiger partial charge on any atom is 0.306 e. The number of carbonyl (C=O) groups excluding carboxylic acids is 1. The van der Waals surface area contributed by atoms with Crippen molar-refractivity contribution in [3.05, 3.63) is 71.4 Å². The summed E-state index contributed by atoms with van der Waals surface area (Å²) in [6.07, 6.45) is 2.76. The van der Waals surface area contributed by atoms with E-state index >= 15 is 0 Å². The van der Waals surface area contributed by atoms with Gasteiger partial charge >= 0.3 is 5.97 Å². The zero-order chi connectivity index (χ0) is 20.4. The molecular weight excluding hydrogens is 368 g/mol. The molecule has 2 aromatic carbocycles. The number of carbonyl (C=O) groups is 2. The molecule has 0 aliphatic carbocycles. The molecule has 1 aliphatic rings. The van der Waals surface area contributed by atoms with E-state index in [2.05, 4.69) is 4.98 Å². The highest BCUT2D eigenvalue weighted by atomic mass is 16.5. The highest BCUT2D eigenvalue weighted by Gasteiger charge is 2.24. The molecule has 6 nitrogen and oxygen atoms in total. The molecule has 1 N–H and O–H groups in total. The Morgan fingerprint density at radius 3 is 2.86 bits per heavy atom. The number of benzene rings is 2. The van der Waals surface area contributed by atoms with Crippen molar-refractivity contribution in [3.63, 3.8) is 0 Å². The normalized spacial score (nSPS) is 14.2. The van der Waals surface area contributed by atoms with Gasteiger partial charge in [-0.3, -0.25) is 14.6 Å². The Labute approximate surface area is 168 Å². The minimum atomic E-state index is -0.788. The van der Waals surface area contributed by atoms with Crippen molar-refractivity contribution >= 4 is 22.8 Å². The summed E-state index contributed by atoms with van der Waals surface area (Å²) in [4.78, 5) is 30.3. The number of pyridine rings is 1. The summed E-state index contributed by atoms with van der Waals surface area (Å²) in [5.41, 5.74) is 3.26. The molecule has 2 heterocycles. The maximum absolute atomic E-state index is 13.0. The van der Waals surface area contributed by atoms with Crippen molar-refractivity contribution in [2.75, 3.05) is 6.73 Å². The minimum Gasteiger partial charge on any atom is -0.481 e. The highest BCUT2D eigenvalue weighted by Crippen LogP contribution is 2.28. The zero-order valence-corrected chi connectivity index (χ0v) is 16.2. The van der Waals surface area contributed by atoms with Gasteiger partial charge in [0.1, 0.15) is 5.75 Å². The van der Waals surface area contributed by atoms with Gasteiger partial charge in [-0.05, 0) is 48.7 Å². The fourth-order valence-corrected chi connectivity index (χ4v) is 3.64. The van der Waals surface area contributed by atoms with Crippen LogP contribution in [-0.4, -0.2) is 33.6 Å². The summed E-state index contributed by atoms with van der Waals surface area (Å²) in [5, 5.41) is 10.2. The van der Waals surface area contributed by atoms with Crippen LogP contribution in [0.3, 0.4) is 0 Å². The standard InChI is InChI=1S/C23H22N2O4/c1-2-16(23(27)28)10-15-5-8-21-19(11-15)13-25(14-29-21)22(26)18-6-7-20-17(12-18)4-3-9-24-20/h3-9,11-12,16H,2,10,13-14H2,1H3,(H,27,28). The number of carboxylic acid groups (broad SMARTS) is 1. The van der Waals surface area contributed by atoms with Crippen molar-refractivity contribution < 1.29 is 19.4 Å². The molecule has 0 radical (unpaired) electrons. The number of aliphatic carboxylic acids is 1. The molecule has 1 amide bonds. The second-order valence-corrected chi connectivity index (χ2v) is 7.28. The fraction of sp³-hybridized carbons (Fsp3) is 0.261. The quantitative estimate of drug-likeness (QED) is 0.715. The van der Waals surface area contributed by atoms with Gasteiger partial charge < -0.3 is 14.7 Å². The predicted octanol–water partition coefficient (Wildman–Crippen LogP) is 3.88. The Balaban J connectivity index is 1.54. The predicted molar refractivity (Wildman–Crippen MR) is 109 cm³/mol. The van der Waals surface area contributed by atoms with Crippen LogP contribution in [0.25, 0.3) is 10.9 Å². The van der Waals surface area contributed by atoms with Crippen LogP contribution >= 0.6 is 0 Å². The number of amides is 1. The summed E-state index contributed by atoms with van der Waals surface area (Å²) in [5.74, 6) is -0.571. The van der Waals surface area contributed by atoms with Crippen LogP contribution in [0, 0.1) is 5.92 Å². The lowest BCUT2D eigenvalue weighted by Gasteiger charge is -2.29. The molecule has 6 heteroatoms. The zero-order valence-electron chi connectivity index (χ0n) is 16.2. The van der Waals surface area contributed by atoms with Crippen molar-refractivity contribution in [3.8, 4) is 5.75 Å². The SMILES string of the molecule is CCC(Cc1ccc2c(c1)CN(C(=O)c1ccc3ncccc3c1)CO2)C(=O)O. The van der Waals surface area contributed by atoms with E-state index in [0.29, 0.717) is 24.9 Å². The Morgan fingerprint density at radius 2 is 2.07 bits per heavy atom. The van der Waals surface area contributed by atoms with E-state index in [1.807, 2.05) is 49.4 Å². The van der Waals surface area contributed by atoms with Gasteiger partial charge in [0.15, 0.2) is 6.73 Å². The van der Waals surface area contributed by atoms with Crippen LogP contribution in [0.2, 0.25) is 0 Å². The van der Waals surface area contributed by atoms with Crippen molar-refractivity contribution in [2.45, 2.75) is 26.3 Å². The van der Waals surface area contributed by atoms with Crippen LogP contribution in [0.1, 0.15) is 34.8 Å². The molecule has 3 aromatic rings. The van der Waals surface area contributed by atoms with Gasteiger partial charge in [-0.1, -0.05) is 25.1 Å². The number of hydrogen-bond acceptors (Lipinski definition) is 4. The van der Waals surface area contributed by atoms with Gasteiger partial charge in [0, 0.05) is 22.7 Å². The summed E-state index contributed by atoms with van der Waals surface area (Å²) >= 11 is 0. The third-order valence-corrected chi connectivity index (χ3v) is 5.32. The van der Waals surface area contributed by atoms with Crippen LogP contribution in [-0.2, 0) is 17.8 Å². The lowest BCUT2D eigenvalue weighted by Crippen LogP contribution is -2.37. The molecule has 1 atom stereocenters. The van der Waals surface area contributed by atoms with Gasteiger partial charge in [0.05, 0.1) is 18.0 Å². The van der Waals surface area contributed by atoms with Crippen molar-refractivity contribution in [1.82, 2.24) is 9.88 Å². The molecule has 1 unspecified atom stereocenters. The molecule has 0 saturated carbocycles. The van der Waals surface area contributed by atoms with Crippen LogP contribution in [0.15, 0.2) is 54.7 Å². The molecule has 1 aromatic heterocycles. The van der Waals surface area contributed by atoms with E-state index in [1.165, 1.54) is 0 Å². The Hall–Kier alpha value is -3.41. The van der Waals surface area contributed by atoms with Crippen LogP contribution < -0.4 is 4.74 Å². The number of hydrogen-bond donors (Lipinski definition) is 1. The lowest BCUT2D eigenvalue weighted by molar-refractivity contribution is -0.141. The summed E-state index contributed by atoms with van der Waals surface area (Å²) in [6.45, 7) is 2.49. The summed E-state index contributed by atoms with van der Waals surface area (Å²) < 4.78 is 5.78. The molecule has 0 spiro atoms. The van der Waals surface area contributed by atoms with Gasteiger partial charge in [-0.25, -0.2) is 0 Å². The van der Waals surface area contributed by atoms with E-state index < -0.39 is 11.9 Å². The van der Waals surface area contributed by atoms with Crippen LogP contribution in [0.4, 0.5) is 0 Å². The molecular formula is C23H22N2O4. The fourth-order valence-electron chi connectivity index (χ4n) is 3.64. The van der Waals surface area contributed by atoms with E-state index in [4.69, 9.17) is 4.74 Å². The van der Waals surface area contributed by atoms with Gasteiger partial charge in [-0.15, -0.1) is 0 Å².